The summed E-state index contributed by atoms with van der Waals surface area (Å²) < 4.78 is 0. The van der Waals surface area contributed by atoms with Gasteiger partial charge in [0.15, 0.2) is 0 Å². The Hall–Kier alpha value is -1.81. The summed E-state index contributed by atoms with van der Waals surface area (Å²) in [5.41, 5.74) is 1.86. The van der Waals surface area contributed by atoms with Gasteiger partial charge in [-0.1, -0.05) is 18.2 Å². The average Bonchev–Trinajstić information content (AvgIpc) is 2.66. The molecule has 2 N–H and O–H groups in total. The van der Waals surface area contributed by atoms with Crippen molar-refractivity contribution in [2.24, 2.45) is 0 Å². The van der Waals surface area contributed by atoms with Gasteiger partial charge in [0.25, 0.3) is 0 Å². The van der Waals surface area contributed by atoms with Crippen LogP contribution in [-0.2, 0) is 0 Å². The highest BCUT2D eigenvalue weighted by Crippen LogP contribution is 2.21. The molecule has 0 atom stereocenters. The number of hydrogen-bond acceptors (Lipinski definition) is 2. The Morgan fingerprint density at radius 2 is 1.88 bits per heavy atom. The molecule has 16 heavy (non-hydrogen) atoms. The van der Waals surface area contributed by atoms with Gasteiger partial charge in [-0.2, -0.15) is 0 Å². The van der Waals surface area contributed by atoms with E-state index in [4.69, 9.17) is 0 Å². The van der Waals surface area contributed by atoms with Gasteiger partial charge in [0.1, 0.15) is 0 Å². The molecule has 2 amide bonds. The first-order valence-electron chi connectivity index (χ1n) is 4.93. The molecule has 0 saturated heterocycles. The van der Waals surface area contributed by atoms with Crippen molar-refractivity contribution in [3.63, 3.8) is 0 Å². The van der Waals surface area contributed by atoms with Crippen LogP contribution in [0.15, 0.2) is 41.8 Å². The van der Waals surface area contributed by atoms with E-state index in [0.717, 1.165) is 16.3 Å². The second kappa shape index (κ2) is 4.81. The zero-order valence-electron chi connectivity index (χ0n) is 8.86. The number of carbonyl (C=O) groups is 1. The molecule has 4 heteroatoms. The van der Waals surface area contributed by atoms with Crippen molar-refractivity contribution in [3.8, 4) is 0 Å². The summed E-state index contributed by atoms with van der Waals surface area (Å²) in [6, 6.07) is 11.1. The predicted octanol–water partition coefficient (Wildman–Crippen LogP) is 3.70. The third kappa shape index (κ3) is 2.61. The van der Waals surface area contributed by atoms with Crippen molar-refractivity contribution in [1.82, 2.24) is 0 Å². The Bertz CT molecular complexity index is 479. The lowest BCUT2D eigenvalue weighted by molar-refractivity contribution is 0.262. The Balaban J connectivity index is 1.98. The second-order valence-electron chi connectivity index (χ2n) is 3.38. The highest BCUT2D eigenvalue weighted by molar-refractivity contribution is 7.14. The van der Waals surface area contributed by atoms with Gasteiger partial charge in [-0.15, -0.1) is 11.3 Å². The van der Waals surface area contributed by atoms with Crippen molar-refractivity contribution in [2.75, 3.05) is 10.6 Å². The number of amides is 2. The average molecular weight is 232 g/mol. The summed E-state index contributed by atoms with van der Waals surface area (Å²) >= 11 is 1.52. The highest BCUT2D eigenvalue weighted by Gasteiger charge is 2.05. The topological polar surface area (TPSA) is 41.1 Å². The van der Waals surface area contributed by atoms with Gasteiger partial charge < -0.3 is 5.32 Å². The smallest absolute Gasteiger partial charge is 0.308 e. The molecule has 2 rings (SSSR count). The molecule has 0 aliphatic rings. The standard InChI is InChI=1S/C12H12N2OS/c1-9-7-8-16-11(9)14-12(15)13-10-5-3-2-4-6-10/h2-8H,1H3,(H2,13,14,15). The molecule has 1 aromatic heterocycles. The predicted molar refractivity (Wildman–Crippen MR) is 68.1 cm³/mol. The zero-order valence-corrected chi connectivity index (χ0v) is 9.67. The maximum atomic E-state index is 11.6. The Labute approximate surface area is 98.1 Å². The molecule has 3 nitrogen and oxygen atoms in total. The van der Waals surface area contributed by atoms with E-state index >= 15 is 0 Å². The summed E-state index contributed by atoms with van der Waals surface area (Å²) in [6.07, 6.45) is 0. The number of anilines is 2. The molecule has 2 aromatic rings. The molecule has 0 radical (unpaired) electrons. The molecule has 0 spiro atoms. The van der Waals surface area contributed by atoms with Crippen LogP contribution >= 0.6 is 11.3 Å². The van der Waals surface area contributed by atoms with Gasteiger partial charge in [0.05, 0.1) is 5.00 Å². The van der Waals surface area contributed by atoms with Gasteiger partial charge in [0, 0.05) is 5.69 Å². The number of nitrogens with one attached hydrogen (secondary N) is 2. The van der Waals surface area contributed by atoms with Crippen LogP contribution in [-0.4, -0.2) is 6.03 Å². The van der Waals surface area contributed by atoms with Crippen LogP contribution in [0.25, 0.3) is 0 Å². The first kappa shape index (κ1) is 10.7. The number of hydrogen-bond donors (Lipinski definition) is 2. The minimum absolute atomic E-state index is 0.211. The van der Waals surface area contributed by atoms with E-state index in [1.807, 2.05) is 48.7 Å². The summed E-state index contributed by atoms with van der Waals surface area (Å²) in [6.45, 7) is 1.97. The van der Waals surface area contributed by atoms with Crippen molar-refractivity contribution in [1.29, 1.82) is 0 Å². The number of urea groups is 1. The monoisotopic (exact) mass is 232 g/mol. The van der Waals surface area contributed by atoms with Crippen molar-refractivity contribution in [2.45, 2.75) is 6.92 Å². The maximum Gasteiger partial charge on any atom is 0.324 e. The Morgan fingerprint density at radius 3 is 2.50 bits per heavy atom. The summed E-state index contributed by atoms with van der Waals surface area (Å²) in [7, 11) is 0. The summed E-state index contributed by atoms with van der Waals surface area (Å²) in [5.74, 6) is 0. The van der Waals surface area contributed by atoms with E-state index in [2.05, 4.69) is 10.6 Å². The molecule has 0 fully saturated rings. The van der Waals surface area contributed by atoms with Crippen molar-refractivity contribution in [3.05, 3.63) is 47.3 Å². The van der Waals surface area contributed by atoms with Crippen LogP contribution in [0.1, 0.15) is 5.56 Å². The van der Waals surface area contributed by atoms with Crippen LogP contribution in [0.5, 0.6) is 0 Å². The SMILES string of the molecule is Cc1ccsc1NC(=O)Nc1ccccc1. The lowest BCUT2D eigenvalue weighted by Gasteiger charge is -2.06. The first-order chi connectivity index (χ1) is 7.75. The molecule has 82 valence electrons. The number of thiophene rings is 1. The maximum absolute atomic E-state index is 11.6. The number of rotatable bonds is 2. The van der Waals surface area contributed by atoms with Gasteiger partial charge in [-0.3, -0.25) is 5.32 Å². The molecule has 0 aliphatic carbocycles. The highest BCUT2D eigenvalue weighted by atomic mass is 32.1. The van der Waals surface area contributed by atoms with Gasteiger partial charge in [-0.25, -0.2) is 4.79 Å². The number of para-hydroxylation sites is 1. The molecular weight excluding hydrogens is 220 g/mol. The largest absolute Gasteiger partial charge is 0.324 e. The summed E-state index contributed by atoms with van der Waals surface area (Å²) in [5, 5.41) is 8.41. The van der Waals surface area contributed by atoms with Gasteiger partial charge in [-0.05, 0) is 36.1 Å². The van der Waals surface area contributed by atoms with Crippen LogP contribution < -0.4 is 10.6 Å². The van der Waals surface area contributed by atoms with Crippen LogP contribution in [0.4, 0.5) is 15.5 Å². The zero-order chi connectivity index (χ0) is 11.4. The minimum Gasteiger partial charge on any atom is -0.308 e. The van der Waals surface area contributed by atoms with Crippen molar-refractivity contribution < 1.29 is 4.79 Å². The van der Waals surface area contributed by atoms with E-state index < -0.39 is 0 Å². The molecular formula is C12H12N2OS. The third-order valence-electron chi connectivity index (χ3n) is 2.12. The fraction of sp³-hybridized carbons (Fsp3) is 0.0833. The third-order valence-corrected chi connectivity index (χ3v) is 3.05. The molecule has 0 bridgehead atoms. The lowest BCUT2D eigenvalue weighted by atomic mass is 10.3. The fourth-order valence-corrected chi connectivity index (χ4v) is 2.10. The van der Waals surface area contributed by atoms with E-state index in [9.17, 15) is 4.79 Å². The van der Waals surface area contributed by atoms with Crippen molar-refractivity contribution >= 4 is 28.1 Å². The van der Waals surface area contributed by atoms with E-state index in [-0.39, 0.29) is 6.03 Å². The molecule has 0 aliphatic heterocycles. The van der Waals surface area contributed by atoms with E-state index in [0.29, 0.717) is 0 Å². The van der Waals surface area contributed by atoms with Crippen LogP contribution in [0.2, 0.25) is 0 Å². The van der Waals surface area contributed by atoms with E-state index in [1.54, 1.807) is 0 Å². The van der Waals surface area contributed by atoms with Gasteiger partial charge in [0.2, 0.25) is 0 Å². The number of benzene rings is 1. The van der Waals surface area contributed by atoms with E-state index in [1.165, 1.54) is 11.3 Å². The Morgan fingerprint density at radius 1 is 1.12 bits per heavy atom. The molecule has 1 aromatic carbocycles. The molecule has 1 heterocycles. The first-order valence-corrected chi connectivity index (χ1v) is 5.81. The fourth-order valence-electron chi connectivity index (χ4n) is 1.29. The molecule has 0 saturated carbocycles. The van der Waals surface area contributed by atoms with Crippen LogP contribution in [0.3, 0.4) is 0 Å². The number of carbonyl (C=O) groups excluding carboxylic acids is 1. The Kier molecular flexibility index (Phi) is 3.22. The lowest BCUT2D eigenvalue weighted by Crippen LogP contribution is -2.19. The quantitative estimate of drug-likeness (QED) is 0.814. The normalized spacial score (nSPS) is 9.81. The second-order valence-corrected chi connectivity index (χ2v) is 4.29. The molecule has 0 unspecified atom stereocenters. The summed E-state index contributed by atoms with van der Waals surface area (Å²) in [4.78, 5) is 11.6. The van der Waals surface area contributed by atoms with Crippen LogP contribution in [0, 0.1) is 6.92 Å². The van der Waals surface area contributed by atoms with Gasteiger partial charge >= 0.3 is 6.03 Å². The number of aryl methyl sites for hydroxylation is 1. The minimum atomic E-state index is -0.211.